The van der Waals surface area contributed by atoms with Gasteiger partial charge in [-0.25, -0.2) is 19.9 Å². The topological polar surface area (TPSA) is 77.8 Å². The van der Waals surface area contributed by atoms with Gasteiger partial charge in [-0.2, -0.15) is 0 Å². The van der Waals surface area contributed by atoms with Crippen molar-refractivity contribution in [2.45, 2.75) is 0 Å². The smallest absolute Gasteiger partial charge is 0.164 e. The lowest BCUT2D eigenvalue weighted by atomic mass is 9.98. The largest absolute Gasteiger partial charge is 0.455 e. The van der Waals surface area contributed by atoms with Gasteiger partial charge in [-0.05, 0) is 41.0 Å². The van der Waals surface area contributed by atoms with Gasteiger partial charge in [0.2, 0.25) is 0 Å². The van der Waals surface area contributed by atoms with Crippen LogP contribution in [0, 0.1) is 0 Å². The molecule has 0 aliphatic rings. The van der Waals surface area contributed by atoms with Crippen LogP contribution in [0.2, 0.25) is 0 Å². The van der Waals surface area contributed by atoms with Crippen LogP contribution in [-0.4, -0.2) is 19.9 Å². The van der Waals surface area contributed by atoms with Crippen LogP contribution in [0.15, 0.2) is 203 Å². The average molecular weight is 769 g/mol. The van der Waals surface area contributed by atoms with E-state index in [1.807, 2.05) is 72.8 Å². The summed E-state index contributed by atoms with van der Waals surface area (Å²) in [7, 11) is 0. The number of fused-ring (bicyclic) bond motifs is 8. The Morgan fingerprint density at radius 2 is 0.783 bits per heavy atom. The molecule has 0 aliphatic heterocycles. The maximum Gasteiger partial charge on any atom is 0.164 e. The number of rotatable bonds is 6. The van der Waals surface area contributed by atoms with Crippen molar-refractivity contribution in [3.63, 3.8) is 0 Å². The number of nitrogens with zero attached hydrogens (tertiary/aromatic N) is 4. The molecule has 0 saturated carbocycles. The first-order valence-corrected chi connectivity index (χ1v) is 20.0. The summed E-state index contributed by atoms with van der Waals surface area (Å²) >= 11 is 0. The van der Waals surface area contributed by atoms with Gasteiger partial charge in [0.25, 0.3) is 0 Å². The zero-order valence-corrected chi connectivity index (χ0v) is 32.1. The Morgan fingerprint density at radius 3 is 1.47 bits per heavy atom. The molecule has 0 unspecified atom stereocenters. The van der Waals surface area contributed by atoms with Crippen LogP contribution in [0.3, 0.4) is 0 Å². The minimum absolute atomic E-state index is 0.590. The normalized spacial score (nSPS) is 11.7. The minimum Gasteiger partial charge on any atom is -0.455 e. The molecule has 8 aromatic carbocycles. The lowest BCUT2D eigenvalue weighted by Crippen LogP contribution is -2.00. The molecule has 0 spiro atoms. The molecule has 0 amide bonds. The average Bonchev–Trinajstić information content (AvgIpc) is 3.91. The second-order valence-electron chi connectivity index (χ2n) is 15.0. The predicted octanol–water partition coefficient (Wildman–Crippen LogP) is 14.2. The molecular formula is C54H32N4O2. The van der Waals surface area contributed by atoms with Crippen molar-refractivity contribution in [2.24, 2.45) is 0 Å². The summed E-state index contributed by atoms with van der Waals surface area (Å²) in [5, 5.41) is 5.14. The molecule has 4 heterocycles. The number of furan rings is 2. The van der Waals surface area contributed by atoms with Crippen molar-refractivity contribution >= 4 is 54.8 Å². The Morgan fingerprint density at radius 1 is 0.300 bits per heavy atom. The standard InChI is InChI=1S/C54H32N4O2/c1-3-12-33(13-4-1)34-22-26-37(27-23-34)53-56-52(36-14-5-2-6-15-36)57-54(58-53)38-28-24-35(25-29-38)49-48-44-17-8-10-21-47(44)60-51(48)43-31-30-39(32-45(43)55-49)40-18-11-19-42-41-16-7-9-20-46(41)59-50(40)42/h1-32H. The summed E-state index contributed by atoms with van der Waals surface area (Å²) in [5.74, 6) is 1.82. The van der Waals surface area contributed by atoms with Crippen molar-refractivity contribution in [1.29, 1.82) is 0 Å². The zero-order valence-electron chi connectivity index (χ0n) is 32.1. The molecule has 0 N–H and O–H groups in total. The van der Waals surface area contributed by atoms with E-state index in [1.54, 1.807) is 0 Å². The van der Waals surface area contributed by atoms with Crippen LogP contribution >= 0.6 is 0 Å². The second-order valence-corrected chi connectivity index (χ2v) is 15.0. The van der Waals surface area contributed by atoms with Crippen LogP contribution < -0.4 is 0 Å². The molecule has 6 nitrogen and oxygen atoms in total. The zero-order chi connectivity index (χ0) is 39.6. The summed E-state index contributed by atoms with van der Waals surface area (Å²) in [4.78, 5) is 20.4. The minimum atomic E-state index is 0.590. The third kappa shape index (κ3) is 5.65. The highest BCUT2D eigenvalue weighted by atomic mass is 16.3. The molecule has 0 atom stereocenters. The Labute approximate surface area is 344 Å². The molecule has 280 valence electrons. The lowest BCUT2D eigenvalue weighted by Gasteiger charge is -2.11. The Hall–Kier alpha value is -8.22. The molecule has 0 fully saturated rings. The van der Waals surface area contributed by atoms with E-state index in [-0.39, 0.29) is 0 Å². The fourth-order valence-electron chi connectivity index (χ4n) is 8.38. The van der Waals surface area contributed by atoms with Gasteiger partial charge < -0.3 is 8.83 Å². The molecule has 0 saturated heterocycles. The van der Waals surface area contributed by atoms with Gasteiger partial charge in [-0.1, -0.05) is 170 Å². The van der Waals surface area contributed by atoms with Gasteiger partial charge in [0.1, 0.15) is 22.3 Å². The molecule has 12 rings (SSSR count). The van der Waals surface area contributed by atoms with Crippen LogP contribution in [-0.2, 0) is 0 Å². The quantitative estimate of drug-likeness (QED) is 0.168. The van der Waals surface area contributed by atoms with E-state index in [9.17, 15) is 0 Å². The van der Waals surface area contributed by atoms with E-state index in [0.717, 1.165) is 105 Å². The van der Waals surface area contributed by atoms with Gasteiger partial charge >= 0.3 is 0 Å². The molecular weight excluding hydrogens is 737 g/mol. The fourth-order valence-corrected chi connectivity index (χ4v) is 8.38. The Balaban J connectivity index is 0.984. The molecule has 6 heteroatoms. The molecule has 60 heavy (non-hydrogen) atoms. The number of pyridine rings is 1. The van der Waals surface area contributed by atoms with E-state index >= 15 is 0 Å². The fraction of sp³-hybridized carbons (Fsp3) is 0. The van der Waals surface area contributed by atoms with Crippen LogP contribution in [0.1, 0.15) is 0 Å². The highest BCUT2D eigenvalue weighted by molar-refractivity contribution is 6.20. The van der Waals surface area contributed by atoms with Gasteiger partial charge in [-0.15, -0.1) is 0 Å². The highest BCUT2D eigenvalue weighted by Crippen LogP contribution is 2.42. The monoisotopic (exact) mass is 768 g/mol. The second kappa shape index (κ2) is 13.7. The van der Waals surface area contributed by atoms with Gasteiger partial charge in [0.15, 0.2) is 17.5 Å². The first-order valence-electron chi connectivity index (χ1n) is 20.0. The van der Waals surface area contributed by atoms with E-state index in [1.165, 1.54) is 0 Å². The van der Waals surface area contributed by atoms with Crippen molar-refractivity contribution in [1.82, 2.24) is 19.9 Å². The predicted molar refractivity (Wildman–Crippen MR) is 242 cm³/mol. The molecule has 12 aromatic rings. The third-order valence-electron chi connectivity index (χ3n) is 11.4. The molecule has 4 aromatic heterocycles. The van der Waals surface area contributed by atoms with Gasteiger partial charge in [-0.3, -0.25) is 0 Å². The van der Waals surface area contributed by atoms with Crippen molar-refractivity contribution < 1.29 is 8.83 Å². The maximum absolute atomic E-state index is 6.63. The summed E-state index contributed by atoms with van der Waals surface area (Å²) in [6, 6.07) is 66.2. The third-order valence-corrected chi connectivity index (χ3v) is 11.4. The van der Waals surface area contributed by atoms with Crippen LogP contribution in [0.5, 0.6) is 0 Å². The summed E-state index contributed by atoms with van der Waals surface area (Å²) in [5.41, 5.74) is 13.0. The van der Waals surface area contributed by atoms with E-state index < -0.39 is 0 Å². The number of hydrogen-bond acceptors (Lipinski definition) is 6. The van der Waals surface area contributed by atoms with E-state index in [2.05, 4.69) is 121 Å². The first-order chi connectivity index (χ1) is 29.7. The summed E-state index contributed by atoms with van der Waals surface area (Å²) in [6.45, 7) is 0. The number of para-hydroxylation sites is 3. The number of benzene rings is 8. The van der Waals surface area contributed by atoms with Crippen molar-refractivity contribution in [3.05, 3.63) is 194 Å². The molecule has 0 bridgehead atoms. The van der Waals surface area contributed by atoms with Gasteiger partial charge in [0, 0.05) is 49.4 Å². The van der Waals surface area contributed by atoms with Crippen molar-refractivity contribution in [2.75, 3.05) is 0 Å². The Bertz CT molecular complexity index is 3580. The highest BCUT2D eigenvalue weighted by Gasteiger charge is 2.20. The number of aromatic nitrogens is 4. The summed E-state index contributed by atoms with van der Waals surface area (Å²) in [6.07, 6.45) is 0. The SMILES string of the molecule is c1ccc(-c2ccc(-c3nc(-c4ccccc4)nc(-c4ccc(-c5nc6cc(-c7cccc8c7oc7ccccc78)ccc6c6oc7ccccc7c56)cc4)n3)cc2)cc1. The number of hydrogen-bond donors (Lipinski definition) is 0. The van der Waals surface area contributed by atoms with Crippen LogP contribution in [0.4, 0.5) is 0 Å². The summed E-state index contributed by atoms with van der Waals surface area (Å²) < 4.78 is 13.1. The lowest BCUT2D eigenvalue weighted by molar-refractivity contribution is 0.670. The first kappa shape index (κ1) is 33.9. The van der Waals surface area contributed by atoms with E-state index in [4.69, 9.17) is 28.8 Å². The van der Waals surface area contributed by atoms with E-state index in [0.29, 0.717) is 17.5 Å². The Kier molecular flexibility index (Phi) is 7.74. The van der Waals surface area contributed by atoms with Gasteiger partial charge in [0.05, 0.1) is 16.6 Å². The van der Waals surface area contributed by atoms with Crippen molar-refractivity contribution in [3.8, 4) is 67.7 Å². The van der Waals surface area contributed by atoms with Crippen LogP contribution in [0.25, 0.3) is 122 Å². The maximum atomic E-state index is 6.63. The molecule has 0 radical (unpaired) electrons. The molecule has 0 aliphatic carbocycles.